The second-order valence-corrected chi connectivity index (χ2v) is 7.29. The van der Waals surface area contributed by atoms with Crippen molar-refractivity contribution in [2.75, 3.05) is 0 Å². The van der Waals surface area contributed by atoms with E-state index < -0.39 is 0 Å². The molecule has 2 rings (SSSR count). The summed E-state index contributed by atoms with van der Waals surface area (Å²) < 4.78 is 12.0. The van der Waals surface area contributed by atoms with Gasteiger partial charge in [-0.3, -0.25) is 0 Å². The molecule has 0 aromatic carbocycles. The highest BCUT2D eigenvalue weighted by molar-refractivity contribution is 6.51. The summed E-state index contributed by atoms with van der Waals surface area (Å²) in [6, 6.07) is 0. The Bertz CT molecular complexity index is 326. The molecule has 17 heavy (non-hydrogen) atoms. The minimum atomic E-state index is -0.219. The van der Waals surface area contributed by atoms with Crippen LogP contribution in [-0.2, 0) is 9.31 Å². The number of hydrogen-bond acceptors (Lipinski definition) is 2. The molecule has 0 spiro atoms. The SMILES string of the molecule is CC1(C)CC/C(=C\B2OC(C)(C)C(C)(C)O2)C1. The van der Waals surface area contributed by atoms with Crippen molar-refractivity contribution < 1.29 is 9.31 Å². The van der Waals surface area contributed by atoms with Crippen molar-refractivity contribution in [1.29, 1.82) is 0 Å². The van der Waals surface area contributed by atoms with Gasteiger partial charge < -0.3 is 9.31 Å². The van der Waals surface area contributed by atoms with Crippen LogP contribution in [0, 0.1) is 5.41 Å². The van der Waals surface area contributed by atoms with E-state index in [1.165, 1.54) is 24.8 Å². The Morgan fingerprint density at radius 1 is 1.00 bits per heavy atom. The fourth-order valence-corrected chi connectivity index (χ4v) is 2.58. The van der Waals surface area contributed by atoms with Gasteiger partial charge in [0.05, 0.1) is 11.2 Å². The van der Waals surface area contributed by atoms with Gasteiger partial charge in [-0.05, 0) is 52.4 Å². The number of hydrogen-bond donors (Lipinski definition) is 0. The van der Waals surface area contributed by atoms with Gasteiger partial charge in [-0.1, -0.05) is 25.4 Å². The zero-order chi connectivity index (χ0) is 12.9. The zero-order valence-electron chi connectivity index (χ0n) is 12.1. The van der Waals surface area contributed by atoms with E-state index in [2.05, 4.69) is 47.5 Å². The maximum Gasteiger partial charge on any atom is 0.487 e. The summed E-state index contributed by atoms with van der Waals surface area (Å²) in [6.45, 7) is 13.1. The summed E-state index contributed by atoms with van der Waals surface area (Å²) in [5.41, 5.74) is 1.51. The monoisotopic (exact) mass is 236 g/mol. The molecule has 2 aliphatic rings. The first kappa shape index (κ1) is 13.2. The smallest absolute Gasteiger partial charge is 0.400 e. The first-order valence-electron chi connectivity index (χ1n) is 6.67. The standard InChI is InChI=1S/C14H25BO2/c1-12(2)8-7-11(9-12)10-15-16-13(3,4)14(5,6)17-15/h10H,7-9H2,1-6H3/b11-10+. The van der Waals surface area contributed by atoms with E-state index in [1.807, 2.05) is 0 Å². The Balaban J connectivity index is 2.06. The minimum Gasteiger partial charge on any atom is -0.400 e. The summed E-state index contributed by atoms with van der Waals surface area (Å²) in [5, 5.41) is 0. The van der Waals surface area contributed by atoms with Crippen LogP contribution in [0.1, 0.15) is 60.8 Å². The largest absolute Gasteiger partial charge is 0.487 e. The zero-order valence-corrected chi connectivity index (χ0v) is 12.1. The van der Waals surface area contributed by atoms with Crippen molar-refractivity contribution in [1.82, 2.24) is 0 Å². The van der Waals surface area contributed by atoms with Crippen LogP contribution in [0.25, 0.3) is 0 Å². The Kier molecular flexibility index (Phi) is 2.99. The summed E-state index contributed by atoms with van der Waals surface area (Å²) >= 11 is 0. The van der Waals surface area contributed by atoms with Crippen molar-refractivity contribution in [3.05, 3.63) is 11.5 Å². The molecule has 1 aliphatic carbocycles. The van der Waals surface area contributed by atoms with Crippen molar-refractivity contribution in [3.63, 3.8) is 0 Å². The molecule has 0 bridgehead atoms. The van der Waals surface area contributed by atoms with Gasteiger partial charge in [0, 0.05) is 0 Å². The van der Waals surface area contributed by atoms with Crippen LogP contribution < -0.4 is 0 Å². The second-order valence-electron chi connectivity index (χ2n) is 7.29. The van der Waals surface area contributed by atoms with Crippen molar-refractivity contribution in [2.24, 2.45) is 5.41 Å². The van der Waals surface area contributed by atoms with Crippen LogP contribution in [0.4, 0.5) is 0 Å². The van der Waals surface area contributed by atoms with E-state index in [9.17, 15) is 0 Å². The predicted octanol–water partition coefficient (Wildman–Crippen LogP) is 3.75. The average Bonchev–Trinajstić information content (AvgIpc) is 2.51. The quantitative estimate of drug-likeness (QED) is 0.645. The van der Waals surface area contributed by atoms with Gasteiger partial charge in [0.1, 0.15) is 0 Å². The highest BCUT2D eigenvalue weighted by Crippen LogP contribution is 2.42. The lowest BCUT2D eigenvalue weighted by Crippen LogP contribution is -2.41. The molecule has 0 amide bonds. The van der Waals surface area contributed by atoms with Gasteiger partial charge in [0.2, 0.25) is 0 Å². The number of allylic oxidation sites excluding steroid dienone is 1. The molecule has 0 unspecified atom stereocenters. The molecule has 1 heterocycles. The van der Waals surface area contributed by atoms with Crippen LogP contribution in [0.5, 0.6) is 0 Å². The fourth-order valence-electron chi connectivity index (χ4n) is 2.58. The molecule has 3 heteroatoms. The molecule has 0 aromatic rings. The van der Waals surface area contributed by atoms with Crippen LogP contribution in [0.15, 0.2) is 11.5 Å². The second kappa shape index (κ2) is 3.86. The van der Waals surface area contributed by atoms with Gasteiger partial charge in [0.25, 0.3) is 0 Å². The van der Waals surface area contributed by atoms with Gasteiger partial charge >= 0.3 is 7.12 Å². The normalized spacial score (nSPS) is 32.4. The summed E-state index contributed by atoms with van der Waals surface area (Å²) in [5.74, 6) is 2.20. The molecule has 1 saturated carbocycles. The van der Waals surface area contributed by atoms with Crippen molar-refractivity contribution in [3.8, 4) is 0 Å². The van der Waals surface area contributed by atoms with E-state index in [0.29, 0.717) is 5.41 Å². The first-order valence-corrected chi connectivity index (χ1v) is 6.67. The van der Waals surface area contributed by atoms with E-state index in [-0.39, 0.29) is 18.3 Å². The Labute approximate surface area is 106 Å². The van der Waals surface area contributed by atoms with Gasteiger partial charge in [-0.25, -0.2) is 0 Å². The third kappa shape index (κ3) is 2.60. The number of rotatable bonds is 1. The Morgan fingerprint density at radius 3 is 1.94 bits per heavy atom. The van der Waals surface area contributed by atoms with E-state index >= 15 is 0 Å². The lowest BCUT2D eigenvalue weighted by molar-refractivity contribution is 0.00578. The molecule has 1 saturated heterocycles. The van der Waals surface area contributed by atoms with E-state index in [1.54, 1.807) is 0 Å². The topological polar surface area (TPSA) is 18.5 Å². The van der Waals surface area contributed by atoms with Gasteiger partial charge in [0.15, 0.2) is 0 Å². The van der Waals surface area contributed by atoms with Crippen LogP contribution >= 0.6 is 0 Å². The van der Waals surface area contributed by atoms with E-state index in [4.69, 9.17) is 9.31 Å². The molecule has 0 N–H and O–H groups in total. The molecular weight excluding hydrogens is 211 g/mol. The Morgan fingerprint density at radius 2 is 1.53 bits per heavy atom. The van der Waals surface area contributed by atoms with Crippen LogP contribution in [0.2, 0.25) is 0 Å². The highest BCUT2D eigenvalue weighted by atomic mass is 16.7. The summed E-state index contributed by atoms with van der Waals surface area (Å²) in [7, 11) is -0.163. The minimum absolute atomic E-state index is 0.163. The summed E-state index contributed by atoms with van der Waals surface area (Å²) in [4.78, 5) is 0. The predicted molar refractivity (Wildman–Crippen MR) is 71.8 cm³/mol. The third-order valence-electron chi connectivity index (χ3n) is 4.47. The van der Waals surface area contributed by atoms with Crippen molar-refractivity contribution >= 4 is 7.12 Å². The average molecular weight is 236 g/mol. The molecule has 0 radical (unpaired) electrons. The highest BCUT2D eigenvalue weighted by Gasteiger charge is 2.50. The lowest BCUT2D eigenvalue weighted by Gasteiger charge is -2.32. The molecule has 96 valence electrons. The third-order valence-corrected chi connectivity index (χ3v) is 4.47. The Hall–Kier alpha value is -0.275. The molecule has 2 nitrogen and oxygen atoms in total. The van der Waals surface area contributed by atoms with Gasteiger partial charge in [-0.15, -0.1) is 0 Å². The fraction of sp³-hybridized carbons (Fsp3) is 0.857. The lowest BCUT2D eigenvalue weighted by atomic mass is 9.85. The van der Waals surface area contributed by atoms with Crippen LogP contribution in [0.3, 0.4) is 0 Å². The van der Waals surface area contributed by atoms with E-state index in [0.717, 1.165) is 0 Å². The molecule has 1 aliphatic heterocycles. The first-order chi connectivity index (χ1) is 7.61. The molecular formula is C14H25BO2. The maximum absolute atomic E-state index is 6.00. The maximum atomic E-state index is 6.00. The summed E-state index contributed by atoms with van der Waals surface area (Å²) in [6.07, 6.45) is 3.65. The molecule has 2 fully saturated rings. The van der Waals surface area contributed by atoms with Crippen molar-refractivity contribution in [2.45, 2.75) is 72.0 Å². The molecule has 0 aromatic heterocycles. The van der Waals surface area contributed by atoms with Crippen LogP contribution in [-0.4, -0.2) is 18.3 Å². The van der Waals surface area contributed by atoms with Gasteiger partial charge in [-0.2, -0.15) is 0 Å². The molecule has 0 atom stereocenters.